The number of hydrogen-bond acceptors (Lipinski definition) is 2. The smallest absolute Gasteiger partial charge is 0.249 e. The van der Waals surface area contributed by atoms with Crippen LogP contribution in [0.1, 0.15) is 38.7 Å². The van der Waals surface area contributed by atoms with Gasteiger partial charge in [-0.2, -0.15) is 0 Å². The minimum atomic E-state index is -0.355. The number of benzene rings is 1. The van der Waals surface area contributed by atoms with Crippen LogP contribution >= 0.6 is 0 Å². The maximum atomic E-state index is 12.8. The fraction of sp³-hybridized carbons (Fsp3) is 0.556. The summed E-state index contributed by atoms with van der Waals surface area (Å²) in [5.41, 5.74) is 2.18. The third kappa shape index (κ3) is 2.51. The fourth-order valence-corrected chi connectivity index (χ4v) is 3.37. The van der Waals surface area contributed by atoms with E-state index in [1.54, 1.807) is 4.90 Å². The highest BCUT2D eigenvalue weighted by Crippen LogP contribution is 2.31. The number of para-hydroxylation sites is 1. The Labute approximate surface area is 132 Å². The first-order valence-electron chi connectivity index (χ1n) is 8.33. The number of nitrogens with zero attached hydrogens (tertiary/aromatic N) is 2. The zero-order valence-corrected chi connectivity index (χ0v) is 13.4. The Morgan fingerprint density at radius 1 is 1.23 bits per heavy atom. The Morgan fingerprint density at radius 2 is 1.95 bits per heavy atom. The third-order valence-corrected chi connectivity index (χ3v) is 5.06. The molecule has 1 aliphatic heterocycles. The predicted molar refractivity (Wildman–Crippen MR) is 86.7 cm³/mol. The van der Waals surface area contributed by atoms with Crippen molar-refractivity contribution in [1.29, 1.82) is 0 Å². The molecule has 1 aromatic rings. The van der Waals surface area contributed by atoms with E-state index in [1.165, 1.54) is 5.56 Å². The van der Waals surface area contributed by atoms with Crippen molar-refractivity contribution in [3.8, 4) is 0 Å². The summed E-state index contributed by atoms with van der Waals surface area (Å²) >= 11 is 0. The van der Waals surface area contributed by atoms with Crippen LogP contribution in [-0.2, 0) is 16.0 Å². The van der Waals surface area contributed by atoms with Crippen molar-refractivity contribution in [3.63, 3.8) is 0 Å². The summed E-state index contributed by atoms with van der Waals surface area (Å²) in [6.45, 7) is 5.20. The lowest BCUT2D eigenvalue weighted by Gasteiger charge is -2.42. The molecule has 0 bridgehead atoms. The van der Waals surface area contributed by atoms with Crippen molar-refractivity contribution in [2.24, 2.45) is 5.92 Å². The number of amides is 2. The van der Waals surface area contributed by atoms with E-state index in [4.69, 9.17) is 0 Å². The molecule has 1 atom stereocenters. The molecule has 0 aromatic heterocycles. The summed E-state index contributed by atoms with van der Waals surface area (Å²) in [6.07, 6.45) is 4.01. The highest BCUT2D eigenvalue weighted by Gasteiger charge is 2.39. The van der Waals surface area contributed by atoms with Gasteiger partial charge in [-0.1, -0.05) is 31.5 Å². The molecular formula is C18H24N2O2. The van der Waals surface area contributed by atoms with Gasteiger partial charge in [-0.3, -0.25) is 9.59 Å². The molecule has 0 spiro atoms. The Morgan fingerprint density at radius 3 is 2.59 bits per heavy atom. The highest BCUT2D eigenvalue weighted by molar-refractivity contribution is 6.01. The van der Waals surface area contributed by atoms with Gasteiger partial charge in [-0.05, 0) is 37.8 Å². The second kappa shape index (κ2) is 6.11. The highest BCUT2D eigenvalue weighted by atomic mass is 16.2. The first-order valence-corrected chi connectivity index (χ1v) is 8.33. The molecule has 1 heterocycles. The van der Waals surface area contributed by atoms with Gasteiger partial charge in [0.25, 0.3) is 0 Å². The van der Waals surface area contributed by atoms with E-state index < -0.39 is 0 Å². The van der Waals surface area contributed by atoms with E-state index in [0.717, 1.165) is 31.4 Å². The zero-order valence-electron chi connectivity index (χ0n) is 13.4. The van der Waals surface area contributed by atoms with Crippen molar-refractivity contribution in [2.75, 3.05) is 18.0 Å². The summed E-state index contributed by atoms with van der Waals surface area (Å²) < 4.78 is 0. The summed E-state index contributed by atoms with van der Waals surface area (Å²) in [5, 5.41) is 0. The molecule has 118 valence electrons. The molecule has 22 heavy (non-hydrogen) atoms. The van der Waals surface area contributed by atoms with Gasteiger partial charge in [-0.15, -0.1) is 0 Å². The van der Waals surface area contributed by atoms with Gasteiger partial charge in [0, 0.05) is 24.7 Å². The first kappa shape index (κ1) is 15.1. The quantitative estimate of drug-likeness (QED) is 0.861. The Kier molecular flexibility index (Phi) is 4.19. The molecule has 3 rings (SSSR count). The minimum absolute atomic E-state index is 0.0415. The standard InChI is InChI=1S/C18H24N2O2/c1-3-14-7-4-5-10-16(14)20-12-11-19(13(2)17(20)21)18(22)15-8-6-9-15/h4-5,7,10,13,15H,3,6,8-9,11-12H2,1-2H3. The van der Waals surface area contributed by atoms with E-state index >= 15 is 0 Å². The van der Waals surface area contributed by atoms with Gasteiger partial charge in [0.2, 0.25) is 11.8 Å². The van der Waals surface area contributed by atoms with Crippen LogP contribution in [0.2, 0.25) is 0 Å². The van der Waals surface area contributed by atoms with Crippen LogP contribution in [-0.4, -0.2) is 35.8 Å². The SMILES string of the molecule is CCc1ccccc1N1CCN(C(=O)C2CCC2)C(C)C1=O. The number of anilines is 1. The Hall–Kier alpha value is -1.84. The monoisotopic (exact) mass is 300 g/mol. The molecule has 1 aromatic carbocycles. The predicted octanol–water partition coefficient (Wildman–Crippen LogP) is 2.61. The molecule has 2 aliphatic rings. The molecule has 4 nitrogen and oxygen atoms in total. The van der Waals surface area contributed by atoms with Crippen LogP contribution in [0.5, 0.6) is 0 Å². The molecular weight excluding hydrogens is 276 g/mol. The molecule has 1 unspecified atom stereocenters. The van der Waals surface area contributed by atoms with Crippen LogP contribution in [0.3, 0.4) is 0 Å². The molecule has 1 saturated carbocycles. The van der Waals surface area contributed by atoms with E-state index in [9.17, 15) is 9.59 Å². The third-order valence-electron chi connectivity index (χ3n) is 5.06. The largest absolute Gasteiger partial charge is 0.329 e. The van der Waals surface area contributed by atoms with Crippen molar-refractivity contribution >= 4 is 17.5 Å². The molecule has 1 saturated heterocycles. The molecule has 2 fully saturated rings. The molecule has 2 amide bonds. The number of aryl methyl sites for hydroxylation is 1. The van der Waals surface area contributed by atoms with Crippen molar-refractivity contribution < 1.29 is 9.59 Å². The minimum Gasteiger partial charge on any atom is -0.329 e. The average Bonchev–Trinajstić information content (AvgIpc) is 2.48. The van der Waals surface area contributed by atoms with Crippen LogP contribution in [0.15, 0.2) is 24.3 Å². The average molecular weight is 300 g/mol. The van der Waals surface area contributed by atoms with E-state index in [2.05, 4.69) is 13.0 Å². The van der Waals surface area contributed by atoms with Crippen LogP contribution in [0, 0.1) is 5.92 Å². The van der Waals surface area contributed by atoms with Gasteiger partial charge in [0.05, 0.1) is 0 Å². The second-order valence-electron chi connectivity index (χ2n) is 6.31. The number of carbonyl (C=O) groups is 2. The van der Waals surface area contributed by atoms with E-state index in [1.807, 2.05) is 30.0 Å². The molecule has 0 N–H and O–H groups in total. The van der Waals surface area contributed by atoms with Crippen LogP contribution in [0.4, 0.5) is 5.69 Å². The van der Waals surface area contributed by atoms with Crippen LogP contribution < -0.4 is 4.90 Å². The topological polar surface area (TPSA) is 40.6 Å². The van der Waals surface area contributed by atoms with Gasteiger partial charge >= 0.3 is 0 Å². The van der Waals surface area contributed by atoms with Crippen molar-refractivity contribution in [2.45, 2.75) is 45.6 Å². The Bertz CT molecular complexity index is 580. The Balaban J connectivity index is 1.78. The number of hydrogen-bond donors (Lipinski definition) is 0. The lowest BCUT2D eigenvalue weighted by molar-refractivity contribution is -0.146. The number of carbonyl (C=O) groups excluding carboxylic acids is 2. The maximum Gasteiger partial charge on any atom is 0.249 e. The van der Waals surface area contributed by atoms with E-state index in [0.29, 0.717) is 13.1 Å². The van der Waals surface area contributed by atoms with Crippen LogP contribution in [0.25, 0.3) is 0 Å². The summed E-state index contributed by atoms with van der Waals surface area (Å²) in [6, 6.07) is 7.70. The van der Waals surface area contributed by atoms with Gasteiger partial charge in [-0.25, -0.2) is 0 Å². The zero-order chi connectivity index (χ0) is 15.7. The molecule has 4 heteroatoms. The first-order chi connectivity index (χ1) is 10.6. The second-order valence-corrected chi connectivity index (χ2v) is 6.31. The normalized spacial score (nSPS) is 22.6. The van der Waals surface area contributed by atoms with Gasteiger partial charge in [0.15, 0.2) is 0 Å². The van der Waals surface area contributed by atoms with Crippen molar-refractivity contribution in [1.82, 2.24) is 4.90 Å². The van der Waals surface area contributed by atoms with Crippen molar-refractivity contribution in [3.05, 3.63) is 29.8 Å². The number of rotatable bonds is 3. The number of piperazine rings is 1. The van der Waals surface area contributed by atoms with Gasteiger partial charge in [0.1, 0.15) is 6.04 Å². The summed E-state index contributed by atoms with van der Waals surface area (Å²) in [7, 11) is 0. The van der Waals surface area contributed by atoms with E-state index in [-0.39, 0.29) is 23.8 Å². The maximum absolute atomic E-state index is 12.8. The lowest BCUT2D eigenvalue weighted by Crippen LogP contribution is -2.59. The summed E-state index contributed by atoms with van der Waals surface area (Å²) in [4.78, 5) is 28.9. The lowest BCUT2D eigenvalue weighted by atomic mass is 9.84. The molecule has 0 radical (unpaired) electrons. The fourth-order valence-electron chi connectivity index (χ4n) is 3.37. The van der Waals surface area contributed by atoms with Gasteiger partial charge < -0.3 is 9.80 Å². The summed E-state index contributed by atoms with van der Waals surface area (Å²) in [5.74, 6) is 0.375. The molecule has 1 aliphatic carbocycles.